The van der Waals surface area contributed by atoms with Crippen LogP contribution < -0.4 is 4.90 Å². The van der Waals surface area contributed by atoms with Crippen LogP contribution in [0.2, 0.25) is 0 Å². The molecule has 2 heterocycles. The van der Waals surface area contributed by atoms with Crippen molar-refractivity contribution < 1.29 is 13.2 Å². The third-order valence-electron chi connectivity index (χ3n) is 5.36. The molecule has 0 bridgehead atoms. The lowest BCUT2D eigenvalue weighted by molar-refractivity contribution is -0.137. The van der Waals surface area contributed by atoms with E-state index in [1.807, 2.05) is 34.1 Å². The fourth-order valence-electron chi connectivity index (χ4n) is 3.80. The number of hydrogen-bond donors (Lipinski definition) is 0. The molecule has 4 rings (SSSR count). The van der Waals surface area contributed by atoms with Crippen LogP contribution >= 0.6 is 11.8 Å². The number of anilines is 2. The zero-order chi connectivity index (χ0) is 20.4. The van der Waals surface area contributed by atoms with Gasteiger partial charge in [0, 0.05) is 48.6 Å². The summed E-state index contributed by atoms with van der Waals surface area (Å²) in [7, 11) is 0. The van der Waals surface area contributed by atoms with Crippen molar-refractivity contribution in [2.24, 2.45) is 0 Å². The number of alkyl halides is 3. The first-order valence-electron chi connectivity index (χ1n) is 9.65. The molecule has 1 saturated heterocycles. The van der Waals surface area contributed by atoms with Crippen LogP contribution in [0.15, 0.2) is 52.3 Å². The third kappa shape index (κ3) is 4.34. The molecular weight excluding hydrogens is 395 g/mol. The fraction of sp³-hybridized carbons (Fsp3) is 0.364. The summed E-state index contributed by atoms with van der Waals surface area (Å²) < 4.78 is 39.9. The molecule has 29 heavy (non-hydrogen) atoms. The molecule has 0 aromatic heterocycles. The van der Waals surface area contributed by atoms with Gasteiger partial charge in [0.15, 0.2) is 0 Å². The summed E-state index contributed by atoms with van der Waals surface area (Å²) in [4.78, 5) is 8.31. The molecule has 3 nitrogen and oxygen atoms in total. The van der Waals surface area contributed by atoms with Crippen molar-refractivity contribution in [3.8, 4) is 12.5 Å². The van der Waals surface area contributed by atoms with E-state index in [9.17, 15) is 13.2 Å². The zero-order valence-electron chi connectivity index (χ0n) is 16.0. The smallest absolute Gasteiger partial charge is 0.340 e. The monoisotopic (exact) mass is 417 g/mol. The number of rotatable bonds is 4. The average Bonchev–Trinajstić information content (AvgIpc) is 2.72. The highest BCUT2D eigenvalue weighted by atomic mass is 32.2. The molecule has 0 spiro atoms. The number of fused-ring (bicyclic) bond motifs is 2. The first-order valence-corrected chi connectivity index (χ1v) is 10.5. The lowest BCUT2D eigenvalue weighted by atomic mass is 10.1. The van der Waals surface area contributed by atoms with E-state index in [2.05, 4.69) is 10.9 Å². The van der Waals surface area contributed by atoms with Crippen LogP contribution in [0.25, 0.3) is 0 Å². The molecule has 0 amide bonds. The van der Waals surface area contributed by atoms with Gasteiger partial charge < -0.3 is 9.80 Å². The number of terminal acetylenes is 1. The Morgan fingerprint density at radius 1 is 0.931 bits per heavy atom. The van der Waals surface area contributed by atoms with Crippen molar-refractivity contribution in [2.75, 3.05) is 44.2 Å². The molecule has 2 aromatic rings. The highest BCUT2D eigenvalue weighted by molar-refractivity contribution is 7.99. The maximum Gasteiger partial charge on any atom is 0.416 e. The fourth-order valence-corrected chi connectivity index (χ4v) is 4.88. The van der Waals surface area contributed by atoms with Gasteiger partial charge in [0.1, 0.15) is 0 Å². The van der Waals surface area contributed by atoms with E-state index in [0.717, 1.165) is 54.6 Å². The number of nitrogens with zero attached hydrogens (tertiary/aromatic N) is 3. The Labute approximate surface area is 173 Å². The topological polar surface area (TPSA) is 9.72 Å². The molecule has 0 N–H and O–H groups in total. The maximum absolute atomic E-state index is 13.3. The second kappa shape index (κ2) is 8.21. The second-order valence-corrected chi connectivity index (χ2v) is 8.30. The minimum atomic E-state index is -4.35. The van der Waals surface area contributed by atoms with Crippen molar-refractivity contribution in [1.29, 1.82) is 0 Å². The standard InChI is InChI=1S/C22H22F3N3S/c1-2-26-12-14-27(15-13-26)10-5-11-28-18-6-3-4-7-20(18)29-21-9-8-17(16-19(21)28)22(23,24)25/h1,3-4,6-9,16H,5,10-15H2. The Bertz CT molecular complexity index is 914. The van der Waals surface area contributed by atoms with Gasteiger partial charge in [-0.2, -0.15) is 13.2 Å². The van der Waals surface area contributed by atoms with Crippen molar-refractivity contribution in [3.63, 3.8) is 0 Å². The van der Waals surface area contributed by atoms with Gasteiger partial charge in [0.2, 0.25) is 0 Å². The number of piperazine rings is 1. The normalized spacial score (nSPS) is 16.9. The summed E-state index contributed by atoms with van der Waals surface area (Å²) >= 11 is 1.53. The van der Waals surface area contributed by atoms with Gasteiger partial charge in [-0.15, -0.1) is 0 Å². The summed E-state index contributed by atoms with van der Waals surface area (Å²) in [5.74, 6) is 0. The lowest BCUT2D eigenvalue weighted by Crippen LogP contribution is -2.44. The predicted molar refractivity (Wildman–Crippen MR) is 110 cm³/mol. The largest absolute Gasteiger partial charge is 0.416 e. The third-order valence-corrected chi connectivity index (χ3v) is 6.49. The molecule has 7 heteroatoms. The average molecular weight is 418 g/mol. The molecular formula is C22H22F3N3S. The van der Waals surface area contributed by atoms with Crippen molar-refractivity contribution in [1.82, 2.24) is 9.80 Å². The summed E-state index contributed by atoms with van der Waals surface area (Å²) in [6.07, 6.45) is 1.97. The van der Waals surface area contributed by atoms with Crippen LogP contribution in [0.4, 0.5) is 24.5 Å². The van der Waals surface area contributed by atoms with Crippen LogP contribution in [-0.2, 0) is 6.18 Å². The SMILES string of the molecule is C#CN1CCN(CCCN2c3ccccc3Sc3ccc(C(F)(F)F)cc32)CC1. The van der Waals surface area contributed by atoms with E-state index in [1.54, 1.807) is 6.07 Å². The van der Waals surface area contributed by atoms with E-state index in [1.165, 1.54) is 23.9 Å². The minimum Gasteiger partial charge on any atom is -0.340 e. The van der Waals surface area contributed by atoms with Crippen molar-refractivity contribution in [2.45, 2.75) is 22.4 Å². The van der Waals surface area contributed by atoms with E-state index in [0.29, 0.717) is 12.2 Å². The molecule has 0 saturated carbocycles. The van der Waals surface area contributed by atoms with Crippen LogP contribution in [0.5, 0.6) is 0 Å². The van der Waals surface area contributed by atoms with Gasteiger partial charge in [0.05, 0.1) is 16.9 Å². The van der Waals surface area contributed by atoms with E-state index in [4.69, 9.17) is 6.42 Å². The Hall–Kier alpha value is -2.30. The molecule has 2 aromatic carbocycles. The summed E-state index contributed by atoms with van der Waals surface area (Å²) in [5, 5.41) is 0. The van der Waals surface area contributed by atoms with Crippen molar-refractivity contribution >= 4 is 23.1 Å². The van der Waals surface area contributed by atoms with Crippen LogP contribution in [0.3, 0.4) is 0 Å². The Balaban J connectivity index is 1.52. The quantitative estimate of drug-likeness (QED) is 0.654. The molecule has 0 unspecified atom stereocenters. The predicted octanol–water partition coefficient (Wildman–Crippen LogP) is 4.91. The first kappa shape index (κ1) is 20.0. The Morgan fingerprint density at radius 3 is 2.38 bits per heavy atom. The van der Waals surface area contributed by atoms with Crippen molar-refractivity contribution in [3.05, 3.63) is 48.0 Å². The first-order chi connectivity index (χ1) is 14.0. The highest BCUT2D eigenvalue weighted by Crippen LogP contribution is 2.49. The molecule has 152 valence electrons. The maximum atomic E-state index is 13.3. The number of benzene rings is 2. The molecule has 0 aliphatic carbocycles. The summed E-state index contributed by atoms with van der Waals surface area (Å²) in [6, 6.07) is 14.6. The van der Waals surface area contributed by atoms with Gasteiger partial charge in [0.25, 0.3) is 0 Å². The van der Waals surface area contributed by atoms with Gasteiger partial charge >= 0.3 is 6.18 Å². The molecule has 1 fully saturated rings. The zero-order valence-corrected chi connectivity index (χ0v) is 16.8. The number of hydrogen-bond acceptors (Lipinski definition) is 4. The van der Waals surface area contributed by atoms with E-state index < -0.39 is 11.7 Å². The lowest BCUT2D eigenvalue weighted by Gasteiger charge is -2.35. The molecule has 0 atom stereocenters. The van der Waals surface area contributed by atoms with Crippen LogP contribution in [0, 0.1) is 12.5 Å². The van der Waals surface area contributed by atoms with E-state index >= 15 is 0 Å². The molecule has 2 aliphatic heterocycles. The summed E-state index contributed by atoms with van der Waals surface area (Å²) in [6.45, 7) is 5.13. The van der Waals surface area contributed by atoms with E-state index in [-0.39, 0.29) is 0 Å². The molecule has 2 aliphatic rings. The Kier molecular flexibility index (Phi) is 5.66. The van der Waals surface area contributed by atoms with Crippen LogP contribution in [0.1, 0.15) is 12.0 Å². The van der Waals surface area contributed by atoms with Gasteiger partial charge in [-0.1, -0.05) is 30.3 Å². The van der Waals surface area contributed by atoms with Crippen LogP contribution in [-0.4, -0.2) is 49.1 Å². The van der Waals surface area contributed by atoms with Gasteiger partial charge in [-0.25, -0.2) is 0 Å². The minimum absolute atomic E-state index is 0.605. The number of para-hydroxylation sites is 1. The number of halogens is 3. The summed E-state index contributed by atoms with van der Waals surface area (Å²) in [5.41, 5.74) is 1.01. The second-order valence-electron chi connectivity index (χ2n) is 7.21. The van der Waals surface area contributed by atoms with Gasteiger partial charge in [-0.05, 0) is 43.3 Å². The Morgan fingerprint density at radius 2 is 1.66 bits per heavy atom. The highest BCUT2D eigenvalue weighted by Gasteiger charge is 2.33. The molecule has 0 radical (unpaired) electrons. The van der Waals surface area contributed by atoms with Gasteiger partial charge in [-0.3, -0.25) is 4.90 Å².